The van der Waals surface area contributed by atoms with Crippen LogP contribution >= 0.6 is 0 Å². The zero-order valence-corrected chi connectivity index (χ0v) is 12.6. The summed E-state index contributed by atoms with van der Waals surface area (Å²) in [6, 6.07) is 6.16. The van der Waals surface area contributed by atoms with E-state index in [1.807, 2.05) is 25.3 Å². The molecule has 0 spiro atoms. The summed E-state index contributed by atoms with van der Waals surface area (Å²) >= 11 is 0. The van der Waals surface area contributed by atoms with Gasteiger partial charge in [-0.15, -0.1) is 0 Å². The minimum absolute atomic E-state index is 0.0744. The number of carboxylic acids is 1. The number of rotatable bonds is 3. The summed E-state index contributed by atoms with van der Waals surface area (Å²) < 4.78 is 0. The van der Waals surface area contributed by atoms with Crippen molar-refractivity contribution in [2.75, 3.05) is 13.1 Å². The summed E-state index contributed by atoms with van der Waals surface area (Å²) in [6.07, 6.45) is 3.36. The van der Waals surface area contributed by atoms with Crippen LogP contribution < -0.4 is 0 Å². The van der Waals surface area contributed by atoms with Gasteiger partial charge in [-0.3, -0.25) is 9.59 Å². The average Bonchev–Trinajstić information content (AvgIpc) is 2.89. The van der Waals surface area contributed by atoms with Crippen LogP contribution in [0, 0.1) is 12.8 Å². The molecule has 1 saturated heterocycles. The molecule has 0 bridgehead atoms. The number of nitrogens with zero attached hydrogens (tertiary/aromatic N) is 1. The van der Waals surface area contributed by atoms with E-state index in [2.05, 4.69) is 11.1 Å². The second-order valence-electron chi connectivity index (χ2n) is 6.03. The number of aromatic amines is 1. The van der Waals surface area contributed by atoms with Gasteiger partial charge in [-0.1, -0.05) is 12.1 Å². The Kier molecular flexibility index (Phi) is 3.88. The van der Waals surface area contributed by atoms with E-state index in [0.29, 0.717) is 32.4 Å². The monoisotopic (exact) mass is 300 g/mol. The molecule has 0 aliphatic carbocycles. The molecule has 0 saturated carbocycles. The lowest BCUT2D eigenvalue weighted by Gasteiger charge is -2.30. The van der Waals surface area contributed by atoms with Crippen LogP contribution in [0.1, 0.15) is 24.0 Å². The van der Waals surface area contributed by atoms with Gasteiger partial charge in [-0.2, -0.15) is 0 Å². The molecule has 2 N–H and O–H groups in total. The van der Waals surface area contributed by atoms with Crippen LogP contribution in [0.4, 0.5) is 0 Å². The van der Waals surface area contributed by atoms with Gasteiger partial charge in [-0.05, 0) is 37.0 Å². The number of hydrogen-bond acceptors (Lipinski definition) is 2. The van der Waals surface area contributed by atoms with Crippen molar-refractivity contribution in [3.05, 3.63) is 35.5 Å². The fraction of sp³-hybridized carbons (Fsp3) is 0.412. The van der Waals surface area contributed by atoms with Crippen molar-refractivity contribution in [1.82, 2.24) is 9.88 Å². The highest BCUT2D eigenvalue weighted by atomic mass is 16.4. The van der Waals surface area contributed by atoms with Crippen molar-refractivity contribution < 1.29 is 14.7 Å². The number of nitrogens with one attached hydrogen (secondary N) is 1. The number of amides is 1. The maximum atomic E-state index is 12.4. The first-order valence-corrected chi connectivity index (χ1v) is 7.62. The number of likely N-dealkylation sites (tertiary alicyclic amines) is 1. The zero-order chi connectivity index (χ0) is 15.7. The van der Waals surface area contributed by atoms with Gasteiger partial charge >= 0.3 is 5.97 Å². The van der Waals surface area contributed by atoms with Gasteiger partial charge in [0.2, 0.25) is 5.91 Å². The molecule has 5 nitrogen and oxygen atoms in total. The molecule has 22 heavy (non-hydrogen) atoms. The van der Waals surface area contributed by atoms with E-state index < -0.39 is 5.97 Å². The smallest absolute Gasteiger partial charge is 0.306 e. The number of carbonyl (C=O) groups excluding carboxylic acids is 1. The highest BCUT2D eigenvalue weighted by Crippen LogP contribution is 2.22. The van der Waals surface area contributed by atoms with Crippen LogP contribution in [-0.4, -0.2) is 40.0 Å². The lowest BCUT2D eigenvalue weighted by atomic mass is 9.96. The van der Waals surface area contributed by atoms with Crippen molar-refractivity contribution in [2.45, 2.75) is 26.2 Å². The lowest BCUT2D eigenvalue weighted by Crippen LogP contribution is -2.40. The predicted molar refractivity (Wildman–Crippen MR) is 83.7 cm³/mol. The second-order valence-corrected chi connectivity index (χ2v) is 6.03. The van der Waals surface area contributed by atoms with E-state index >= 15 is 0 Å². The quantitative estimate of drug-likeness (QED) is 0.913. The Bertz CT molecular complexity index is 712. The van der Waals surface area contributed by atoms with Crippen molar-refractivity contribution >= 4 is 22.8 Å². The highest BCUT2D eigenvalue weighted by Gasteiger charge is 2.27. The van der Waals surface area contributed by atoms with Crippen LogP contribution in [0.5, 0.6) is 0 Å². The van der Waals surface area contributed by atoms with E-state index in [4.69, 9.17) is 5.11 Å². The SMILES string of the molecule is Cc1ccc2c(CC(=O)N3CCC(C(=O)O)CC3)c[nH]c2c1. The minimum Gasteiger partial charge on any atom is -0.481 e. The van der Waals surface area contributed by atoms with Gasteiger partial charge in [0, 0.05) is 30.2 Å². The third-order valence-corrected chi connectivity index (χ3v) is 4.46. The number of fused-ring (bicyclic) bond motifs is 1. The van der Waals surface area contributed by atoms with E-state index in [1.54, 1.807) is 4.90 Å². The third kappa shape index (κ3) is 2.84. The van der Waals surface area contributed by atoms with Crippen molar-refractivity contribution in [1.29, 1.82) is 0 Å². The first kappa shape index (κ1) is 14.6. The van der Waals surface area contributed by atoms with Crippen molar-refractivity contribution in [3.63, 3.8) is 0 Å². The van der Waals surface area contributed by atoms with Crippen LogP contribution in [0.3, 0.4) is 0 Å². The van der Waals surface area contributed by atoms with E-state index in [-0.39, 0.29) is 11.8 Å². The van der Waals surface area contributed by atoms with Gasteiger partial charge in [0.05, 0.1) is 12.3 Å². The molecule has 5 heteroatoms. The molecule has 0 atom stereocenters. The molecule has 3 rings (SSSR count). The topological polar surface area (TPSA) is 73.4 Å². The predicted octanol–water partition coefficient (Wildman–Crippen LogP) is 2.34. The first-order chi connectivity index (χ1) is 10.5. The van der Waals surface area contributed by atoms with Gasteiger partial charge < -0.3 is 15.0 Å². The van der Waals surface area contributed by atoms with Crippen LogP contribution in [0.15, 0.2) is 24.4 Å². The third-order valence-electron chi connectivity index (χ3n) is 4.46. The standard InChI is InChI=1S/C17H20N2O3/c1-11-2-3-14-13(10-18-15(14)8-11)9-16(20)19-6-4-12(5-7-19)17(21)22/h2-3,8,10,12,18H,4-7,9H2,1H3,(H,21,22). The zero-order valence-electron chi connectivity index (χ0n) is 12.6. The number of aliphatic carboxylic acids is 1. The van der Waals surface area contributed by atoms with Gasteiger partial charge in [-0.25, -0.2) is 0 Å². The number of carbonyl (C=O) groups is 2. The van der Waals surface area contributed by atoms with Gasteiger partial charge in [0.15, 0.2) is 0 Å². The maximum Gasteiger partial charge on any atom is 0.306 e. The number of hydrogen-bond donors (Lipinski definition) is 2. The molecule has 0 radical (unpaired) electrons. The van der Waals surface area contributed by atoms with E-state index in [9.17, 15) is 9.59 Å². The Morgan fingerprint density at radius 2 is 2.05 bits per heavy atom. The molecule has 1 aliphatic rings. The summed E-state index contributed by atoms with van der Waals surface area (Å²) in [7, 11) is 0. The van der Waals surface area contributed by atoms with Gasteiger partial charge in [0.1, 0.15) is 0 Å². The Hall–Kier alpha value is -2.30. The number of piperidine rings is 1. The molecule has 1 aliphatic heterocycles. The highest BCUT2D eigenvalue weighted by molar-refractivity contribution is 5.89. The van der Waals surface area contributed by atoms with E-state index in [0.717, 1.165) is 16.5 Å². The van der Waals surface area contributed by atoms with Crippen LogP contribution in [0.25, 0.3) is 10.9 Å². The number of H-pyrrole nitrogens is 1. The number of benzene rings is 1. The normalized spacial score (nSPS) is 16.1. The average molecular weight is 300 g/mol. The fourth-order valence-electron chi connectivity index (χ4n) is 3.10. The fourth-order valence-corrected chi connectivity index (χ4v) is 3.10. The minimum atomic E-state index is -0.751. The van der Waals surface area contributed by atoms with Crippen LogP contribution in [0.2, 0.25) is 0 Å². The maximum absolute atomic E-state index is 12.4. The largest absolute Gasteiger partial charge is 0.481 e. The molecule has 0 unspecified atom stereocenters. The lowest BCUT2D eigenvalue weighted by molar-refractivity contribution is -0.145. The Balaban J connectivity index is 1.68. The molecule has 1 amide bonds. The Morgan fingerprint density at radius 3 is 2.73 bits per heavy atom. The molecule has 1 aromatic carbocycles. The second kappa shape index (κ2) is 5.83. The number of aryl methyl sites for hydroxylation is 1. The molecular formula is C17H20N2O3. The Labute approximate surface area is 128 Å². The van der Waals surface area contributed by atoms with Crippen molar-refractivity contribution in [2.24, 2.45) is 5.92 Å². The summed E-state index contributed by atoms with van der Waals surface area (Å²) in [4.78, 5) is 28.4. The summed E-state index contributed by atoms with van der Waals surface area (Å²) in [5, 5.41) is 10.1. The van der Waals surface area contributed by atoms with Gasteiger partial charge in [0.25, 0.3) is 0 Å². The summed E-state index contributed by atoms with van der Waals surface area (Å²) in [5.41, 5.74) is 3.23. The molecule has 1 fully saturated rings. The molecular weight excluding hydrogens is 280 g/mol. The first-order valence-electron chi connectivity index (χ1n) is 7.62. The van der Waals surface area contributed by atoms with E-state index in [1.165, 1.54) is 5.56 Å². The molecule has 1 aromatic heterocycles. The summed E-state index contributed by atoms with van der Waals surface area (Å²) in [6.45, 7) is 3.12. The number of aromatic nitrogens is 1. The molecule has 116 valence electrons. The Morgan fingerprint density at radius 1 is 1.32 bits per heavy atom. The van der Waals surface area contributed by atoms with Crippen LogP contribution in [-0.2, 0) is 16.0 Å². The summed E-state index contributed by atoms with van der Waals surface area (Å²) in [5.74, 6) is -0.982. The number of carboxylic acid groups (broad SMARTS) is 1. The molecule has 2 heterocycles. The molecule has 2 aromatic rings. The van der Waals surface area contributed by atoms with Crippen molar-refractivity contribution in [3.8, 4) is 0 Å².